The molecule has 0 rings (SSSR count). The van der Waals surface area contributed by atoms with Gasteiger partial charge in [-0.2, -0.15) is 0 Å². The minimum atomic E-state index is -0.776. The van der Waals surface area contributed by atoms with Gasteiger partial charge in [-0.25, -0.2) is 0 Å². The molecule has 0 radical (unpaired) electrons. The van der Waals surface area contributed by atoms with Crippen LogP contribution in [0, 0.1) is 0 Å². The maximum absolute atomic E-state index is 12.9. The van der Waals surface area contributed by atoms with Crippen molar-refractivity contribution in [2.75, 3.05) is 13.2 Å². The van der Waals surface area contributed by atoms with E-state index in [4.69, 9.17) is 14.2 Å². The maximum atomic E-state index is 12.9. The van der Waals surface area contributed by atoms with Crippen molar-refractivity contribution < 1.29 is 28.6 Å². The number of carbonyl (C=O) groups is 3. The van der Waals surface area contributed by atoms with Crippen molar-refractivity contribution in [3.05, 3.63) is 36.5 Å². The van der Waals surface area contributed by atoms with Crippen LogP contribution in [-0.2, 0) is 28.6 Å². The second-order valence-electron chi connectivity index (χ2n) is 22.7. The summed E-state index contributed by atoms with van der Waals surface area (Å²) in [5.74, 6) is -0.862. The van der Waals surface area contributed by atoms with Gasteiger partial charge in [0, 0.05) is 19.3 Å². The molecule has 0 aliphatic carbocycles. The normalized spacial score (nSPS) is 12.2. The van der Waals surface area contributed by atoms with Gasteiger partial charge < -0.3 is 14.2 Å². The molecule has 440 valence electrons. The molecular formula is C69H128O6. The first-order valence-electron chi connectivity index (χ1n) is 33.5. The topological polar surface area (TPSA) is 78.9 Å². The van der Waals surface area contributed by atoms with Crippen molar-refractivity contribution in [3.8, 4) is 0 Å². The van der Waals surface area contributed by atoms with Crippen LogP contribution < -0.4 is 0 Å². The molecule has 1 unspecified atom stereocenters. The van der Waals surface area contributed by atoms with Gasteiger partial charge in [-0.15, -0.1) is 0 Å². The molecule has 0 aliphatic rings. The Kier molecular flexibility index (Phi) is 62.1. The lowest BCUT2D eigenvalue weighted by Crippen LogP contribution is -2.30. The highest BCUT2D eigenvalue weighted by Gasteiger charge is 2.19. The Morgan fingerprint density at radius 3 is 0.773 bits per heavy atom. The quantitative estimate of drug-likeness (QED) is 0.0261. The first kappa shape index (κ1) is 72.6. The third kappa shape index (κ3) is 62.4. The van der Waals surface area contributed by atoms with Crippen molar-refractivity contribution >= 4 is 17.9 Å². The minimum absolute atomic E-state index is 0.0722. The summed E-state index contributed by atoms with van der Waals surface area (Å²) in [7, 11) is 0. The van der Waals surface area contributed by atoms with Gasteiger partial charge in [0.15, 0.2) is 6.10 Å². The lowest BCUT2D eigenvalue weighted by molar-refractivity contribution is -0.167. The van der Waals surface area contributed by atoms with Gasteiger partial charge >= 0.3 is 17.9 Å². The molecule has 0 aliphatic heterocycles. The Balaban J connectivity index is 4.20. The number of allylic oxidation sites excluding steroid dienone is 6. The number of unbranched alkanes of at least 4 members (excludes halogenated alkanes) is 45. The van der Waals surface area contributed by atoms with Gasteiger partial charge in [-0.3, -0.25) is 14.4 Å². The molecule has 1 atom stereocenters. The Bertz CT molecular complexity index is 1250. The molecule has 0 heterocycles. The van der Waals surface area contributed by atoms with E-state index in [0.717, 1.165) is 70.6 Å². The molecule has 0 aromatic heterocycles. The van der Waals surface area contributed by atoms with E-state index >= 15 is 0 Å². The zero-order valence-corrected chi connectivity index (χ0v) is 50.6. The van der Waals surface area contributed by atoms with E-state index in [1.807, 2.05) is 0 Å². The summed E-state index contributed by atoms with van der Waals surface area (Å²) in [6.45, 7) is 6.64. The van der Waals surface area contributed by atoms with Gasteiger partial charge in [0.25, 0.3) is 0 Å². The van der Waals surface area contributed by atoms with Crippen LogP contribution in [0.4, 0.5) is 0 Å². The van der Waals surface area contributed by atoms with Crippen molar-refractivity contribution in [3.63, 3.8) is 0 Å². The molecule has 0 spiro atoms. The number of hydrogen-bond donors (Lipinski definition) is 0. The largest absolute Gasteiger partial charge is 0.462 e. The average Bonchev–Trinajstić information content (AvgIpc) is 3.41. The standard InChI is InChI=1S/C69H128O6/c1-4-7-10-13-16-19-22-25-27-29-31-32-33-34-35-36-37-39-40-42-44-47-50-53-56-59-62-68(71)74-65-66(64-73-67(70)61-58-55-52-49-46-24-21-18-15-12-9-6-3)75-69(72)63-60-57-54-51-48-45-43-41-38-30-28-26-23-20-17-14-11-8-5-2/h17-18,20-21,26,28,66H,4-16,19,22-25,27,29-65H2,1-3H3/b20-17-,21-18-,28-26-. The second kappa shape index (κ2) is 64.2. The van der Waals surface area contributed by atoms with Crippen LogP contribution in [0.25, 0.3) is 0 Å². The molecule has 0 N–H and O–H groups in total. The van der Waals surface area contributed by atoms with Crippen LogP contribution in [0.1, 0.15) is 367 Å². The fourth-order valence-electron chi connectivity index (χ4n) is 10.1. The van der Waals surface area contributed by atoms with Crippen LogP contribution in [0.5, 0.6) is 0 Å². The molecule has 0 fully saturated rings. The van der Waals surface area contributed by atoms with Gasteiger partial charge in [0.2, 0.25) is 0 Å². The second-order valence-corrected chi connectivity index (χ2v) is 22.7. The molecule has 0 bridgehead atoms. The summed E-state index contributed by atoms with van der Waals surface area (Å²) >= 11 is 0. The molecule has 6 heteroatoms. The Morgan fingerprint density at radius 2 is 0.480 bits per heavy atom. The van der Waals surface area contributed by atoms with Gasteiger partial charge in [-0.05, 0) is 77.0 Å². The number of esters is 3. The molecule has 0 amide bonds. The lowest BCUT2D eigenvalue weighted by Gasteiger charge is -2.18. The number of hydrogen-bond acceptors (Lipinski definition) is 6. The van der Waals surface area contributed by atoms with Crippen LogP contribution >= 0.6 is 0 Å². The molecule has 0 saturated carbocycles. The average molecular weight is 1050 g/mol. The maximum Gasteiger partial charge on any atom is 0.306 e. The van der Waals surface area contributed by atoms with Crippen LogP contribution in [0.15, 0.2) is 36.5 Å². The fourth-order valence-corrected chi connectivity index (χ4v) is 10.1. The smallest absolute Gasteiger partial charge is 0.306 e. The Hall–Kier alpha value is -2.37. The molecule has 75 heavy (non-hydrogen) atoms. The third-order valence-corrected chi connectivity index (χ3v) is 15.1. The Labute approximate surface area is 467 Å². The minimum Gasteiger partial charge on any atom is -0.462 e. The molecular weight excluding hydrogens is 925 g/mol. The van der Waals surface area contributed by atoms with E-state index < -0.39 is 6.10 Å². The summed E-state index contributed by atoms with van der Waals surface area (Å²) in [4.78, 5) is 38.3. The monoisotopic (exact) mass is 1050 g/mol. The molecule has 0 aromatic rings. The van der Waals surface area contributed by atoms with Gasteiger partial charge in [0.05, 0.1) is 0 Å². The first-order chi connectivity index (χ1) is 37.0. The van der Waals surface area contributed by atoms with E-state index in [9.17, 15) is 14.4 Å². The zero-order chi connectivity index (χ0) is 54.3. The highest BCUT2D eigenvalue weighted by molar-refractivity contribution is 5.71. The third-order valence-electron chi connectivity index (χ3n) is 15.1. The van der Waals surface area contributed by atoms with Crippen LogP contribution in [0.2, 0.25) is 0 Å². The Morgan fingerprint density at radius 1 is 0.267 bits per heavy atom. The lowest BCUT2D eigenvalue weighted by atomic mass is 10.0. The molecule has 0 saturated heterocycles. The van der Waals surface area contributed by atoms with E-state index in [0.29, 0.717) is 19.3 Å². The summed E-state index contributed by atoms with van der Waals surface area (Å²) in [5.41, 5.74) is 0. The predicted octanol–water partition coefficient (Wildman–Crippen LogP) is 22.8. The van der Waals surface area contributed by atoms with E-state index in [2.05, 4.69) is 57.2 Å². The summed E-state index contributed by atoms with van der Waals surface area (Å²) < 4.78 is 16.9. The summed E-state index contributed by atoms with van der Waals surface area (Å²) in [6, 6.07) is 0. The first-order valence-corrected chi connectivity index (χ1v) is 33.5. The summed E-state index contributed by atoms with van der Waals surface area (Å²) in [6.07, 6.45) is 78.8. The van der Waals surface area contributed by atoms with E-state index in [1.165, 1.54) is 257 Å². The number of ether oxygens (including phenoxy) is 3. The van der Waals surface area contributed by atoms with Crippen molar-refractivity contribution in [2.24, 2.45) is 0 Å². The SMILES string of the molecule is CCCCC/C=C\C/C=C\CCCCCCCCCCCC(=O)OC(COC(=O)CCCCCCC/C=C\CCCCC)COC(=O)CCCCCCCCCCCCCCCCCCCCCCCCCCCC. The van der Waals surface area contributed by atoms with Crippen molar-refractivity contribution in [2.45, 2.75) is 374 Å². The predicted molar refractivity (Wildman–Crippen MR) is 326 cm³/mol. The number of rotatable bonds is 62. The number of carbonyl (C=O) groups excluding carboxylic acids is 3. The zero-order valence-electron chi connectivity index (χ0n) is 50.6. The van der Waals surface area contributed by atoms with E-state index in [-0.39, 0.29) is 31.1 Å². The highest BCUT2D eigenvalue weighted by Crippen LogP contribution is 2.18. The van der Waals surface area contributed by atoms with Gasteiger partial charge in [-0.1, -0.05) is 308 Å². The van der Waals surface area contributed by atoms with Crippen LogP contribution in [-0.4, -0.2) is 37.2 Å². The molecule has 6 nitrogen and oxygen atoms in total. The van der Waals surface area contributed by atoms with Crippen molar-refractivity contribution in [1.29, 1.82) is 0 Å². The highest BCUT2D eigenvalue weighted by atomic mass is 16.6. The summed E-state index contributed by atoms with van der Waals surface area (Å²) in [5, 5.41) is 0. The van der Waals surface area contributed by atoms with Crippen molar-refractivity contribution in [1.82, 2.24) is 0 Å². The van der Waals surface area contributed by atoms with E-state index in [1.54, 1.807) is 0 Å². The fraction of sp³-hybridized carbons (Fsp3) is 0.870. The van der Waals surface area contributed by atoms with Crippen LogP contribution in [0.3, 0.4) is 0 Å². The van der Waals surface area contributed by atoms with Gasteiger partial charge in [0.1, 0.15) is 13.2 Å². The molecule has 0 aromatic carbocycles.